The van der Waals surface area contributed by atoms with Gasteiger partial charge in [-0.1, -0.05) is 41.7 Å². The van der Waals surface area contributed by atoms with Crippen molar-refractivity contribution in [3.05, 3.63) is 59.3 Å². The number of para-hydroxylation sites is 1. The molecule has 7 heteroatoms. The van der Waals surface area contributed by atoms with Crippen molar-refractivity contribution in [2.24, 2.45) is 0 Å². The first kappa shape index (κ1) is 22.3. The standard InChI is InChI=1S/C23H26N4OS.ClH/c1-15-10-11-16(2)21-20(15)25-23(29-21)27(13-7-12-26(3)4)22(28)18-14-24-19-9-6-5-8-17(18)19;/h5-6,8-11,14,24H,7,12-13H2,1-4H3;1H. The maximum atomic E-state index is 13.6. The van der Waals surface area contributed by atoms with Crippen LogP contribution in [0.3, 0.4) is 0 Å². The van der Waals surface area contributed by atoms with Crippen molar-refractivity contribution in [2.45, 2.75) is 20.3 Å². The third-order valence-corrected chi connectivity index (χ3v) is 6.43. The van der Waals surface area contributed by atoms with E-state index in [4.69, 9.17) is 4.98 Å². The van der Waals surface area contributed by atoms with E-state index in [9.17, 15) is 4.79 Å². The Morgan fingerprint density at radius 3 is 2.53 bits per heavy atom. The molecule has 0 bridgehead atoms. The number of fused-ring (bicyclic) bond motifs is 2. The minimum Gasteiger partial charge on any atom is -0.360 e. The van der Waals surface area contributed by atoms with Gasteiger partial charge in [0.15, 0.2) is 5.13 Å². The first-order chi connectivity index (χ1) is 14.0. The zero-order chi connectivity index (χ0) is 20.5. The molecule has 0 aliphatic rings. The van der Waals surface area contributed by atoms with Gasteiger partial charge < -0.3 is 9.88 Å². The van der Waals surface area contributed by atoms with Gasteiger partial charge in [-0.25, -0.2) is 4.98 Å². The Balaban J connectivity index is 0.00000256. The Kier molecular flexibility index (Phi) is 6.81. The van der Waals surface area contributed by atoms with Crippen LogP contribution >= 0.6 is 23.7 Å². The molecule has 1 amide bonds. The molecule has 4 aromatic rings. The summed E-state index contributed by atoms with van der Waals surface area (Å²) < 4.78 is 1.16. The molecule has 5 nitrogen and oxygen atoms in total. The van der Waals surface area contributed by atoms with Crippen LogP contribution in [0.2, 0.25) is 0 Å². The van der Waals surface area contributed by atoms with Crippen molar-refractivity contribution in [3.63, 3.8) is 0 Å². The molecule has 0 radical (unpaired) electrons. The SMILES string of the molecule is Cc1ccc(C)c2sc(N(CCCN(C)C)C(=O)c3c[nH]c4ccccc34)nc12.Cl. The topological polar surface area (TPSA) is 52.2 Å². The first-order valence-electron chi connectivity index (χ1n) is 9.85. The molecule has 30 heavy (non-hydrogen) atoms. The van der Waals surface area contributed by atoms with Gasteiger partial charge in [0, 0.05) is 23.6 Å². The van der Waals surface area contributed by atoms with E-state index in [-0.39, 0.29) is 18.3 Å². The van der Waals surface area contributed by atoms with E-state index in [1.807, 2.05) is 35.4 Å². The van der Waals surface area contributed by atoms with E-state index in [1.54, 1.807) is 11.3 Å². The average molecular weight is 443 g/mol. The quantitative estimate of drug-likeness (QED) is 0.434. The number of thiazole rings is 1. The summed E-state index contributed by atoms with van der Waals surface area (Å²) in [6.07, 6.45) is 2.70. The van der Waals surface area contributed by atoms with E-state index < -0.39 is 0 Å². The second-order valence-corrected chi connectivity index (χ2v) is 8.71. The average Bonchev–Trinajstić information content (AvgIpc) is 3.33. The summed E-state index contributed by atoms with van der Waals surface area (Å²) in [6.45, 7) is 5.72. The van der Waals surface area contributed by atoms with Crippen LogP contribution in [0.25, 0.3) is 21.1 Å². The predicted molar refractivity (Wildman–Crippen MR) is 129 cm³/mol. The minimum absolute atomic E-state index is 0. The molecule has 2 aromatic heterocycles. The summed E-state index contributed by atoms with van der Waals surface area (Å²) in [5, 5.41) is 1.72. The predicted octanol–water partition coefficient (Wildman–Crippen LogP) is 5.41. The lowest BCUT2D eigenvalue weighted by molar-refractivity contribution is 0.0987. The van der Waals surface area contributed by atoms with E-state index >= 15 is 0 Å². The van der Waals surface area contributed by atoms with Gasteiger partial charge in [-0.15, -0.1) is 12.4 Å². The third-order valence-electron chi connectivity index (χ3n) is 5.21. The van der Waals surface area contributed by atoms with Crippen molar-refractivity contribution in [2.75, 3.05) is 32.1 Å². The molecule has 0 aliphatic heterocycles. The second kappa shape index (κ2) is 9.16. The number of aromatic amines is 1. The Hall–Kier alpha value is -2.41. The Bertz CT molecular complexity index is 1140. The monoisotopic (exact) mass is 442 g/mol. The zero-order valence-electron chi connectivity index (χ0n) is 17.7. The number of nitrogens with one attached hydrogen (secondary N) is 1. The number of amides is 1. The number of halogens is 1. The van der Waals surface area contributed by atoms with Gasteiger partial charge in [-0.2, -0.15) is 0 Å². The van der Waals surface area contributed by atoms with E-state index in [0.29, 0.717) is 12.1 Å². The molecule has 158 valence electrons. The van der Waals surface area contributed by atoms with E-state index in [0.717, 1.165) is 44.8 Å². The van der Waals surface area contributed by atoms with E-state index in [2.05, 4.69) is 50.0 Å². The van der Waals surface area contributed by atoms with Crippen LogP contribution in [0, 0.1) is 13.8 Å². The van der Waals surface area contributed by atoms with Crippen LogP contribution in [0.15, 0.2) is 42.6 Å². The Morgan fingerprint density at radius 2 is 1.80 bits per heavy atom. The second-order valence-electron chi connectivity index (χ2n) is 7.74. The molecule has 0 fully saturated rings. The van der Waals surface area contributed by atoms with Crippen molar-refractivity contribution >= 4 is 55.9 Å². The molecule has 0 saturated heterocycles. The maximum Gasteiger partial charge on any atom is 0.262 e. The molecule has 0 atom stereocenters. The number of hydrogen-bond acceptors (Lipinski definition) is 4. The van der Waals surface area contributed by atoms with Gasteiger partial charge in [0.05, 0.1) is 15.8 Å². The van der Waals surface area contributed by atoms with Crippen molar-refractivity contribution in [1.82, 2.24) is 14.9 Å². The smallest absolute Gasteiger partial charge is 0.262 e. The zero-order valence-corrected chi connectivity index (χ0v) is 19.4. The van der Waals surface area contributed by atoms with Crippen LogP contribution in [0.1, 0.15) is 27.9 Å². The van der Waals surface area contributed by atoms with Gasteiger partial charge in [0.1, 0.15) is 0 Å². The molecule has 2 heterocycles. The normalized spacial score (nSPS) is 11.2. The lowest BCUT2D eigenvalue weighted by Gasteiger charge is -2.20. The maximum absolute atomic E-state index is 13.6. The number of carbonyl (C=O) groups excluding carboxylic acids is 1. The highest BCUT2D eigenvalue weighted by Crippen LogP contribution is 2.34. The molecule has 2 aromatic carbocycles. The van der Waals surface area contributed by atoms with Crippen LogP contribution < -0.4 is 4.90 Å². The summed E-state index contributed by atoms with van der Waals surface area (Å²) in [6, 6.07) is 12.1. The summed E-state index contributed by atoms with van der Waals surface area (Å²) in [5.74, 6) is -0.00410. The molecule has 0 spiro atoms. The molecule has 4 rings (SSSR count). The minimum atomic E-state index is -0.00410. The van der Waals surface area contributed by atoms with Crippen LogP contribution in [-0.2, 0) is 0 Å². The number of nitrogens with zero attached hydrogens (tertiary/aromatic N) is 3. The highest BCUT2D eigenvalue weighted by molar-refractivity contribution is 7.22. The van der Waals surface area contributed by atoms with Crippen LogP contribution in [0.5, 0.6) is 0 Å². The molecule has 1 N–H and O–H groups in total. The Labute approximate surface area is 187 Å². The largest absolute Gasteiger partial charge is 0.360 e. The number of benzene rings is 2. The highest BCUT2D eigenvalue weighted by Gasteiger charge is 2.24. The van der Waals surface area contributed by atoms with Gasteiger partial charge in [0.25, 0.3) is 5.91 Å². The van der Waals surface area contributed by atoms with Crippen LogP contribution in [-0.4, -0.2) is 48.0 Å². The van der Waals surface area contributed by atoms with Crippen molar-refractivity contribution in [3.8, 4) is 0 Å². The summed E-state index contributed by atoms with van der Waals surface area (Å²) in [4.78, 5) is 25.7. The number of rotatable bonds is 6. The molecule has 0 aliphatic carbocycles. The number of carbonyl (C=O) groups is 1. The summed E-state index contributed by atoms with van der Waals surface area (Å²) >= 11 is 1.61. The van der Waals surface area contributed by atoms with E-state index in [1.165, 1.54) is 5.56 Å². The number of hydrogen-bond donors (Lipinski definition) is 1. The molecule has 0 saturated carbocycles. The highest BCUT2D eigenvalue weighted by atomic mass is 35.5. The first-order valence-corrected chi connectivity index (χ1v) is 10.7. The fourth-order valence-electron chi connectivity index (χ4n) is 3.59. The molecular formula is C23H27ClN4OS. The lowest BCUT2D eigenvalue weighted by atomic mass is 10.1. The number of H-pyrrole nitrogens is 1. The van der Waals surface area contributed by atoms with Gasteiger partial charge >= 0.3 is 0 Å². The summed E-state index contributed by atoms with van der Waals surface area (Å²) in [7, 11) is 4.10. The van der Waals surface area contributed by atoms with Gasteiger partial charge in [-0.3, -0.25) is 9.69 Å². The molecular weight excluding hydrogens is 416 g/mol. The van der Waals surface area contributed by atoms with Crippen LogP contribution in [0.4, 0.5) is 5.13 Å². The molecule has 0 unspecified atom stereocenters. The van der Waals surface area contributed by atoms with Crippen molar-refractivity contribution in [1.29, 1.82) is 0 Å². The van der Waals surface area contributed by atoms with Crippen molar-refractivity contribution < 1.29 is 4.79 Å². The lowest BCUT2D eigenvalue weighted by Crippen LogP contribution is -2.33. The third kappa shape index (κ3) is 4.21. The van der Waals surface area contributed by atoms with Gasteiger partial charge in [0.2, 0.25) is 0 Å². The fourth-order valence-corrected chi connectivity index (χ4v) is 4.72. The number of anilines is 1. The Morgan fingerprint density at radius 1 is 1.07 bits per heavy atom. The fraction of sp³-hybridized carbons (Fsp3) is 0.304. The summed E-state index contributed by atoms with van der Waals surface area (Å²) in [5.41, 5.74) is 5.00. The number of aryl methyl sites for hydroxylation is 2. The van der Waals surface area contributed by atoms with Gasteiger partial charge in [-0.05, 0) is 58.1 Å². The number of aromatic nitrogens is 2.